The fourth-order valence-electron chi connectivity index (χ4n) is 3.06. The number of ether oxygens (including phenoxy) is 1. The van der Waals surface area contributed by atoms with Crippen molar-refractivity contribution in [2.24, 2.45) is 5.92 Å². The Morgan fingerprint density at radius 1 is 1.33 bits per heavy atom. The first-order valence-corrected chi connectivity index (χ1v) is 10.8. The Morgan fingerprint density at radius 3 is 2.43 bits per heavy atom. The summed E-state index contributed by atoms with van der Waals surface area (Å²) in [6, 6.07) is 9.91. The van der Waals surface area contributed by atoms with Gasteiger partial charge in [0.05, 0.1) is 12.7 Å². The lowest BCUT2D eigenvalue weighted by molar-refractivity contribution is -0.131. The summed E-state index contributed by atoms with van der Waals surface area (Å²) in [5.74, 6) is -0.284. The van der Waals surface area contributed by atoms with E-state index >= 15 is 0 Å². The molecule has 4 nitrogen and oxygen atoms in total. The maximum absolute atomic E-state index is 12.2. The molecule has 1 amide bonds. The smallest absolute Gasteiger partial charge is 0.225 e. The molecular formula is C26H39NO3. The highest BCUT2D eigenvalue weighted by Crippen LogP contribution is 2.23. The minimum atomic E-state index is -1.18. The van der Waals surface area contributed by atoms with Gasteiger partial charge >= 0.3 is 0 Å². The molecule has 0 aliphatic carbocycles. The second-order valence-electron chi connectivity index (χ2n) is 8.50. The number of hydrogen-bond donors (Lipinski definition) is 2. The normalized spacial score (nSPS) is 16.3. The number of epoxide rings is 1. The summed E-state index contributed by atoms with van der Waals surface area (Å²) >= 11 is 0. The van der Waals surface area contributed by atoms with Crippen LogP contribution in [0.15, 0.2) is 66.3 Å². The Kier molecular flexibility index (Phi) is 11.4. The van der Waals surface area contributed by atoms with Crippen LogP contribution in [0.2, 0.25) is 0 Å². The van der Waals surface area contributed by atoms with Crippen molar-refractivity contribution in [1.82, 2.24) is 5.32 Å². The average Bonchev–Trinajstić information content (AvgIpc) is 3.48. The Labute approximate surface area is 182 Å². The zero-order valence-electron chi connectivity index (χ0n) is 19.3. The molecule has 0 aromatic heterocycles. The molecule has 2 unspecified atom stereocenters. The lowest BCUT2D eigenvalue weighted by Gasteiger charge is -2.23. The molecule has 1 aliphatic heterocycles. The molecule has 0 saturated carbocycles. The first kappa shape index (κ1) is 25.9. The van der Waals surface area contributed by atoms with Crippen molar-refractivity contribution in [2.45, 2.75) is 72.1 Å². The summed E-state index contributed by atoms with van der Waals surface area (Å²) in [7, 11) is 0. The van der Waals surface area contributed by atoms with E-state index in [1.54, 1.807) is 13.8 Å². The van der Waals surface area contributed by atoms with E-state index in [0.29, 0.717) is 12.8 Å². The van der Waals surface area contributed by atoms with Crippen LogP contribution in [0.1, 0.15) is 59.4 Å². The molecule has 1 saturated heterocycles. The number of nitrogens with one attached hydrogen (secondary N) is 1. The van der Waals surface area contributed by atoms with Crippen molar-refractivity contribution in [1.29, 1.82) is 0 Å². The highest BCUT2D eigenvalue weighted by molar-refractivity contribution is 5.79. The maximum Gasteiger partial charge on any atom is 0.225 e. The molecule has 2 atom stereocenters. The van der Waals surface area contributed by atoms with Gasteiger partial charge in [0.1, 0.15) is 5.72 Å². The van der Waals surface area contributed by atoms with Crippen molar-refractivity contribution in [3.05, 3.63) is 71.8 Å². The van der Waals surface area contributed by atoms with E-state index < -0.39 is 5.72 Å². The summed E-state index contributed by atoms with van der Waals surface area (Å²) in [6.45, 7) is 14.0. The van der Waals surface area contributed by atoms with E-state index in [0.717, 1.165) is 12.2 Å². The first-order chi connectivity index (χ1) is 14.2. The Balaban J connectivity index is 0.000000352. The third kappa shape index (κ3) is 11.7. The summed E-state index contributed by atoms with van der Waals surface area (Å²) in [5.41, 5.74) is 2.78. The van der Waals surface area contributed by atoms with Crippen LogP contribution >= 0.6 is 0 Å². The number of carbonyl (C=O) groups excluding carboxylic acids is 1. The van der Waals surface area contributed by atoms with E-state index in [4.69, 9.17) is 4.74 Å². The maximum atomic E-state index is 12.2. The summed E-state index contributed by atoms with van der Waals surface area (Å²) < 4.78 is 5.21. The van der Waals surface area contributed by atoms with Crippen molar-refractivity contribution in [3.8, 4) is 0 Å². The van der Waals surface area contributed by atoms with Crippen molar-refractivity contribution < 1.29 is 14.6 Å². The molecule has 166 valence electrons. The molecule has 2 N–H and O–H groups in total. The number of hydrogen-bond acceptors (Lipinski definition) is 3. The molecule has 0 bridgehead atoms. The predicted molar refractivity (Wildman–Crippen MR) is 125 cm³/mol. The molecule has 1 fully saturated rings. The van der Waals surface area contributed by atoms with Crippen LogP contribution in [0.25, 0.3) is 0 Å². The summed E-state index contributed by atoms with van der Waals surface area (Å²) in [4.78, 5) is 12.2. The van der Waals surface area contributed by atoms with Gasteiger partial charge in [0.25, 0.3) is 0 Å². The van der Waals surface area contributed by atoms with Gasteiger partial charge in [-0.15, -0.1) is 0 Å². The van der Waals surface area contributed by atoms with Gasteiger partial charge in [-0.25, -0.2) is 0 Å². The minimum Gasteiger partial charge on any atom is -0.373 e. The van der Waals surface area contributed by atoms with Crippen LogP contribution in [-0.4, -0.2) is 29.4 Å². The predicted octanol–water partition coefficient (Wildman–Crippen LogP) is 5.34. The molecule has 1 heterocycles. The first-order valence-electron chi connectivity index (χ1n) is 10.8. The Bertz CT molecular complexity index is 706. The number of carbonyl (C=O) groups is 1. The average molecular weight is 414 g/mol. The lowest BCUT2D eigenvalue weighted by Crippen LogP contribution is -2.46. The van der Waals surface area contributed by atoms with Gasteiger partial charge in [0, 0.05) is 5.92 Å². The van der Waals surface area contributed by atoms with Crippen LogP contribution in [0, 0.1) is 5.92 Å². The SMILES string of the molecule is C=C/C=C\C(CCC)=C(C)C.CC(C)(O)NC(=O)C(Cc1ccccc1)CC1CO1. The summed E-state index contributed by atoms with van der Waals surface area (Å²) in [5, 5.41) is 12.3. The number of rotatable bonds is 10. The zero-order valence-corrected chi connectivity index (χ0v) is 19.3. The quantitative estimate of drug-likeness (QED) is 0.309. The third-order valence-electron chi connectivity index (χ3n) is 4.67. The van der Waals surface area contributed by atoms with Crippen molar-refractivity contribution in [3.63, 3.8) is 0 Å². The Morgan fingerprint density at radius 2 is 1.97 bits per heavy atom. The van der Waals surface area contributed by atoms with Crippen LogP contribution in [-0.2, 0) is 16.0 Å². The molecular weight excluding hydrogens is 374 g/mol. The van der Waals surface area contributed by atoms with E-state index in [-0.39, 0.29) is 17.9 Å². The standard InChI is InChI=1S/C15H21NO3.C11H18/c1-15(2,18)16-14(17)12(9-13-10-19-13)8-11-6-4-3-5-7-11;1-5-7-9-11(8-6-2)10(3)4/h3-7,12-13,18H,8-10H2,1-2H3,(H,16,17);5,7,9H,1,6,8H2,2-4H3/b;9-7-. The van der Waals surface area contributed by atoms with Crippen LogP contribution < -0.4 is 5.32 Å². The molecule has 1 aromatic carbocycles. The van der Waals surface area contributed by atoms with E-state index in [9.17, 15) is 9.90 Å². The molecule has 0 spiro atoms. The van der Waals surface area contributed by atoms with Gasteiger partial charge in [0.15, 0.2) is 0 Å². The van der Waals surface area contributed by atoms with Crippen molar-refractivity contribution in [2.75, 3.05) is 6.61 Å². The van der Waals surface area contributed by atoms with E-state index in [1.807, 2.05) is 42.5 Å². The van der Waals surface area contributed by atoms with Crippen LogP contribution in [0.4, 0.5) is 0 Å². The molecule has 4 heteroatoms. The van der Waals surface area contributed by atoms with Crippen molar-refractivity contribution >= 4 is 5.91 Å². The molecule has 2 rings (SSSR count). The number of benzene rings is 1. The highest BCUT2D eigenvalue weighted by Gasteiger charge is 2.32. The topological polar surface area (TPSA) is 61.9 Å². The third-order valence-corrected chi connectivity index (χ3v) is 4.67. The molecule has 1 aromatic rings. The van der Waals surface area contributed by atoms with Crippen LogP contribution in [0.3, 0.4) is 0 Å². The molecule has 30 heavy (non-hydrogen) atoms. The second-order valence-corrected chi connectivity index (χ2v) is 8.50. The van der Waals surface area contributed by atoms with Crippen LogP contribution in [0.5, 0.6) is 0 Å². The van der Waals surface area contributed by atoms with Gasteiger partial charge in [0.2, 0.25) is 5.91 Å². The highest BCUT2D eigenvalue weighted by atomic mass is 16.6. The minimum absolute atomic E-state index is 0.119. The van der Waals surface area contributed by atoms with Gasteiger partial charge < -0.3 is 15.2 Å². The molecule has 1 aliphatic rings. The molecule has 0 radical (unpaired) electrons. The lowest BCUT2D eigenvalue weighted by atomic mass is 9.93. The monoisotopic (exact) mass is 413 g/mol. The number of aliphatic hydroxyl groups is 1. The fraction of sp³-hybridized carbons (Fsp3) is 0.500. The van der Waals surface area contributed by atoms with Gasteiger partial charge in [-0.3, -0.25) is 4.79 Å². The van der Waals surface area contributed by atoms with E-state index in [2.05, 4.69) is 38.7 Å². The number of amides is 1. The van der Waals surface area contributed by atoms with E-state index in [1.165, 1.54) is 24.0 Å². The largest absolute Gasteiger partial charge is 0.373 e. The second kappa shape index (κ2) is 13.2. The van der Waals surface area contributed by atoms with Gasteiger partial charge in [-0.05, 0) is 58.1 Å². The number of allylic oxidation sites excluding steroid dienone is 5. The fourth-order valence-corrected chi connectivity index (χ4v) is 3.06. The summed E-state index contributed by atoms with van der Waals surface area (Å²) in [6.07, 6.45) is 9.91. The van der Waals surface area contributed by atoms with Gasteiger partial charge in [-0.1, -0.05) is 74.1 Å². The zero-order chi connectivity index (χ0) is 22.6. The van der Waals surface area contributed by atoms with Gasteiger partial charge in [-0.2, -0.15) is 0 Å². The Hall–Kier alpha value is -2.17.